The summed E-state index contributed by atoms with van der Waals surface area (Å²) in [7, 11) is 0. The molecule has 23 heavy (non-hydrogen) atoms. The van der Waals surface area contributed by atoms with Gasteiger partial charge >= 0.3 is 0 Å². The normalized spacial score (nSPS) is 21.7. The van der Waals surface area contributed by atoms with Crippen molar-refractivity contribution in [3.05, 3.63) is 35.5 Å². The molecule has 3 nitrogen and oxygen atoms in total. The molecule has 0 unspecified atom stereocenters. The Kier molecular flexibility index (Phi) is 5.39. The summed E-state index contributed by atoms with van der Waals surface area (Å²) in [5.41, 5.74) is 2.13. The molecule has 0 saturated heterocycles. The third-order valence-electron chi connectivity index (χ3n) is 5.04. The Balaban J connectivity index is 1.76. The number of nitrogens with zero attached hydrogens (tertiary/aromatic N) is 2. The van der Waals surface area contributed by atoms with Crippen molar-refractivity contribution in [1.82, 2.24) is 9.88 Å². The standard InChI is InChI=1S/C19H26ClN3/c1-3-23(4-2)16-7-5-6-15(13-16)22-18-10-11-21-19-12-14(20)8-9-17(18)19/h8-12,15-16H,3-7,13H2,1-2H3,(H,21,22)/t15-,16-/m1/s1. The third-order valence-corrected chi connectivity index (χ3v) is 5.27. The molecular formula is C19H26ClN3. The number of hydrogen-bond acceptors (Lipinski definition) is 3. The van der Waals surface area contributed by atoms with E-state index in [-0.39, 0.29) is 0 Å². The van der Waals surface area contributed by atoms with Gasteiger partial charge in [-0.15, -0.1) is 0 Å². The largest absolute Gasteiger partial charge is 0.382 e. The topological polar surface area (TPSA) is 28.2 Å². The quantitative estimate of drug-likeness (QED) is 0.839. The maximum atomic E-state index is 6.08. The van der Waals surface area contributed by atoms with Crippen LogP contribution in [0, 0.1) is 0 Å². The van der Waals surface area contributed by atoms with E-state index in [9.17, 15) is 0 Å². The molecule has 4 heteroatoms. The first-order valence-electron chi connectivity index (χ1n) is 8.76. The second-order valence-corrected chi connectivity index (χ2v) is 6.84. The summed E-state index contributed by atoms with van der Waals surface area (Å²) in [5, 5.41) is 5.66. The molecular weight excluding hydrogens is 306 g/mol. The maximum absolute atomic E-state index is 6.08. The minimum atomic E-state index is 0.538. The lowest BCUT2D eigenvalue weighted by Crippen LogP contribution is -2.42. The highest BCUT2D eigenvalue weighted by molar-refractivity contribution is 6.31. The van der Waals surface area contributed by atoms with Crippen molar-refractivity contribution < 1.29 is 0 Å². The lowest BCUT2D eigenvalue weighted by molar-refractivity contribution is 0.166. The van der Waals surface area contributed by atoms with Crippen LogP contribution in [-0.4, -0.2) is 35.1 Å². The number of hydrogen-bond donors (Lipinski definition) is 1. The minimum absolute atomic E-state index is 0.538. The molecule has 0 bridgehead atoms. The van der Waals surface area contributed by atoms with E-state index in [1.807, 2.05) is 18.3 Å². The van der Waals surface area contributed by atoms with Gasteiger partial charge in [-0.2, -0.15) is 0 Å². The molecule has 0 amide bonds. The highest BCUT2D eigenvalue weighted by Gasteiger charge is 2.25. The average Bonchev–Trinajstić information content (AvgIpc) is 2.56. The minimum Gasteiger partial charge on any atom is -0.382 e. The van der Waals surface area contributed by atoms with Gasteiger partial charge < -0.3 is 10.2 Å². The van der Waals surface area contributed by atoms with E-state index < -0.39 is 0 Å². The van der Waals surface area contributed by atoms with E-state index in [1.165, 1.54) is 31.4 Å². The van der Waals surface area contributed by atoms with E-state index in [1.54, 1.807) is 0 Å². The molecule has 1 aliphatic carbocycles. The molecule has 0 spiro atoms. The number of fused-ring (bicyclic) bond motifs is 1. The molecule has 1 aromatic carbocycles. The smallest absolute Gasteiger partial charge is 0.0737 e. The summed E-state index contributed by atoms with van der Waals surface area (Å²) in [6, 6.07) is 9.27. The third kappa shape index (κ3) is 3.78. The first kappa shape index (κ1) is 16.5. The molecule has 1 aromatic heterocycles. The van der Waals surface area contributed by atoms with E-state index in [0.29, 0.717) is 12.1 Å². The lowest BCUT2D eigenvalue weighted by Gasteiger charge is -2.37. The maximum Gasteiger partial charge on any atom is 0.0737 e. The number of anilines is 1. The van der Waals surface area contributed by atoms with Gasteiger partial charge in [-0.3, -0.25) is 4.98 Å². The van der Waals surface area contributed by atoms with Crippen molar-refractivity contribution in [2.75, 3.05) is 18.4 Å². The summed E-state index contributed by atoms with van der Waals surface area (Å²) in [4.78, 5) is 7.03. The number of nitrogens with one attached hydrogen (secondary N) is 1. The molecule has 0 aliphatic heterocycles. The monoisotopic (exact) mass is 331 g/mol. The summed E-state index contributed by atoms with van der Waals surface area (Å²) < 4.78 is 0. The summed E-state index contributed by atoms with van der Waals surface area (Å²) in [6.45, 7) is 6.82. The van der Waals surface area contributed by atoms with Gasteiger partial charge in [-0.1, -0.05) is 25.4 Å². The molecule has 1 aliphatic rings. The fraction of sp³-hybridized carbons (Fsp3) is 0.526. The van der Waals surface area contributed by atoms with Crippen LogP contribution in [0.5, 0.6) is 0 Å². The second-order valence-electron chi connectivity index (χ2n) is 6.40. The Labute approximate surface area is 144 Å². The van der Waals surface area contributed by atoms with Crippen LogP contribution >= 0.6 is 11.6 Å². The van der Waals surface area contributed by atoms with Crippen LogP contribution in [0.3, 0.4) is 0 Å². The van der Waals surface area contributed by atoms with Crippen LogP contribution in [-0.2, 0) is 0 Å². The molecule has 124 valence electrons. The van der Waals surface area contributed by atoms with Gasteiger partial charge in [0, 0.05) is 34.4 Å². The van der Waals surface area contributed by atoms with Gasteiger partial charge in [-0.05, 0) is 63.0 Å². The molecule has 2 atom stereocenters. The molecule has 3 rings (SSSR count). The average molecular weight is 332 g/mol. The van der Waals surface area contributed by atoms with Gasteiger partial charge in [0.25, 0.3) is 0 Å². The highest BCUT2D eigenvalue weighted by atomic mass is 35.5. The first-order valence-corrected chi connectivity index (χ1v) is 9.14. The van der Waals surface area contributed by atoms with E-state index >= 15 is 0 Å². The SMILES string of the molecule is CCN(CC)[C@@H]1CCC[C@@H](Nc2ccnc3cc(Cl)ccc23)C1. The molecule has 2 aromatic rings. The van der Waals surface area contributed by atoms with Crippen molar-refractivity contribution in [3.63, 3.8) is 0 Å². The van der Waals surface area contributed by atoms with Crippen LogP contribution < -0.4 is 5.32 Å². The van der Waals surface area contributed by atoms with E-state index in [4.69, 9.17) is 11.6 Å². The Hall–Kier alpha value is -1.32. The van der Waals surface area contributed by atoms with Gasteiger partial charge in [0.05, 0.1) is 5.52 Å². The Morgan fingerprint density at radius 1 is 1.22 bits per heavy atom. The lowest BCUT2D eigenvalue weighted by atomic mass is 9.89. The first-order chi connectivity index (χ1) is 11.2. The van der Waals surface area contributed by atoms with Gasteiger partial charge in [0.1, 0.15) is 0 Å². The molecule has 0 radical (unpaired) electrons. The van der Waals surface area contributed by atoms with Crippen LogP contribution in [0.15, 0.2) is 30.5 Å². The van der Waals surface area contributed by atoms with Gasteiger partial charge in [0.15, 0.2) is 0 Å². The predicted molar refractivity (Wildman–Crippen MR) is 99.3 cm³/mol. The van der Waals surface area contributed by atoms with Crippen LogP contribution in [0.1, 0.15) is 39.5 Å². The number of aromatic nitrogens is 1. The Morgan fingerprint density at radius 2 is 2.04 bits per heavy atom. The fourth-order valence-electron chi connectivity index (χ4n) is 3.83. The van der Waals surface area contributed by atoms with Crippen molar-refractivity contribution in [2.45, 2.75) is 51.6 Å². The predicted octanol–water partition coefficient (Wildman–Crippen LogP) is 4.95. The zero-order chi connectivity index (χ0) is 16.2. The number of halogens is 1. The van der Waals surface area contributed by atoms with Gasteiger partial charge in [0.2, 0.25) is 0 Å². The van der Waals surface area contributed by atoms with Crippen molar-refractivity contribution in [2.24, 2.45) is 0 Å². The van der Waals surface area contributed by atoms with E-state index in [0.717, 1.165) is 29.0 Å². The van der Waals surface area contributed by atoms with Crippen molar-refractivity contribution >= 4 is 28.2 Å². The number of pyridine rings is 1. The Morgan fingerprint density at radius 3 is 2.83 bits per heavy atom. The van der Waals surface area contributed by atoms with Crippen molar-refractivity contribution in [3.8, 4) is 0 Å². The van der Waals surface area contributed by atoms with Gasteiger partial charge in [-0.25, -0.2) is 0 Å². The molecule has 1 saturated carbocycles. The van der Waals surface area contributed by atoms with Crippen LogP contribution in [0.2, 0.25) is 5.02 Å². The number of rotatable bonds is 5. The molecule has 1 fully saturated rings. The summed E-state index contributed by atoms with van der Waals surface area (Å²) in [6.07, 6.45) is 6.96. The van der Waals surface area contributed by atoms with E-state index in [2.05, 4.69) is 41.2 Å². The second kappa shape index (κ2) is 7.50. The molecule has 1 N–H and O–H groups in total. The van der Waals surface area contributed by atoms with Crippen LogP contribution in [0.25, 0.3) is 10.9 Å². The van der Waals surface area contributed by atoms with Crippen LogP contribution in [0.4, 0.5) is 5.69 Å². The Bertz CT molecular complexity index is 654. The summed E-state index contributed by atoms with van der Waals surface area (Å²) >= 11 is 6.08. The zero-order valence-electron chi connectivity index (χ0n) is 14.1. The zero-order valence-corrected chi connectivity index (χ0v) is 14.8. The number of benzene rings is 1. The highest BCUT2D eigenvalue weighted by Crippen LogP contribution is 2.29. The summed E-state index contributed by atoms with van der Waals surface area (Å²) in [5.74, 6) is 0. The fourth-order valence-corrected chi connectivity index (χ4v) is 4.00. The van der Waals surface area contributed by atoms with Crippen molar-refractivity contribution in [1.29, 1.82) is 0 Å². The molecule has 1 heterocycles.